The number of rotatable bonds is 7. The van der Waals surface area contributed by atoms with E-state index in [1.165, 1.54) is 87.2 Å². The molecule has 12 aromatic rings. The van der Waals surface area contributed by atoms with Crippen LogP contribution < -0.4 is 4.90 Å². The van der Waals surface area contributed by atoms with Gasteiger partial charge in [-0.1, -0.05) is 212 Å². The molecule has 1 nitrogen and oxygen atoms in total. The molecule has 12 rings (SSSR count). The molecule has 0 amide bonds. The van der Waals surface area contributed by atoms with Gasteiger partial charge in [-0.25, -0.2) is 0 Å². The van der Waals surface area contributed by atoms with Crippen LogP contribution in [0.3, 0.4) is 0 Å². The van der Waals surface area contributed by atoms with E-state index in [1.807, 2.05) is 0 Å². The first-order valence-electron chi connectivity index (χ1n) is 21.8. The second-order valence-corrected chi connectivity index (χ2v) is 16.4. The maximum atomic E-state index is 2.47. The Morgan fingerprint density at radius 3 is 1.51 bits per heavy atom. The number of hydrogen-bond acceptors (Lipinski definition) is 1. The molecule has 0 aliphatic rings. The fraction of sp³-hybridized carbons (Fsp3) is 0. The molecular formula is C62H41N. The van der Waals surface area contributed by atoms with Crippen molar-refractivity contribution < 1.29 is 0 Å². The van der Waals surface area contributed by atoms with Crippen LogP contribution >= 0.6 is 0 Å². The Morgan fingerprint density at radius 1 is 0.222 bits per heavy atom. The summed E-state index contributed by atoms with van der Waals surface area (Å²) in [6.45, 7) is 0. The highest BCUT2D eigenvalue weighted by molar-refractivity contribution is 6.22. The zero-order valence-electron chi connectivity index (χ0n) is 34.6. The molecule has 0 radical (unpaired) electrons. The lowest BCUT2D eigenvalue weighted by atomic mass is 9.84. The molecule has 0 heterocycles. The van der Waals surface area contributed by atoms with Crippen molar-refractivity contribution >= 4 is 70.9 Å². The molecule has 1 heteroatoms. The van der Waals surface area contributed by atoms with Gasteiger partial charge in [0.25, 0.3) is 0 Å². The van der Waals surface area contributed by atoms with Crippen LogP contribution in [0.2, 0.25) is 0 Å². The third-order valence-corrected chi connectivity index (χ3v) is 12.8. The Labute approximate surface area is 367 Å². The Balaban J connectivity index is 1.10. The monoisotopic (exact) mass is 799 g/mol. The minimum absolute atomic E-state index is 1.09. The van der Waals surface area contributed by atoms with Crippen LogP contribution in [0.25, 0.3) is 98.4 Å². The normalized spacial score (nSPS) is 11.5. The minimum Gasteiger partial charge on any atom is -0.309 e. The lowest BCUT2D eigenvalue weighted by Gasteiger charge is -2.29. The molecule has 294 valence electrons. The van der Waals surface area contributed by atoms with Gasteiger partial charge in [-0.15, -0.1) is 0 Å². The van der Waals surface area contributed by atoms with Gasteiger partial charge in [0.15, 0.2) is 0 Å². The average molecular weight is 800 g/mol. The lowest BCUT2D eigenvalue weighted by molar-refractivity contribution is 1.30. The highest BCUT2D eigenvalue weighted by Gasteiger charge is 2.22. The van der Waals surface area contributed by atoms with Crippen molar-refractivity contribution in [1.82, 2.24) is 0 Å². The second-order valence-electron chi connectivity index (χ2n) is 16.4. The van der Waals surface area contributed by atoms with Gasteiger partial charge in [0, 0.05) is 16.6 Å². The molecule has 0 spiro atoms. The SMILES string of the molecule is c1ccc(-c2c(-c3ccccc3)c3cc(-c4ccccc4N(c4ccc(-c5ccc6ccccc6c5)cc4)c4cccc5c4ccc4ccccc45)ccc3c3ccccc23)cc1. The van der Waals surface area contributed by atoms with Gasteiger partial charge in [-0.05, 0) is 124 Å². The first kappa shape index (κ1) is 36.6. The van der Waals surface area contributed by atoms with Crippen molar-refractivity contribution in [3.63, 3.8) is 0 Å². The number of hydrogen-bond donors (Lipinski definition) is 0. The number of nitrogens with zero attached hydrogens (tertiary/aromatic N) is 1. The van der Waals surface area contributed by atoms with Crippen molar-refractivity contribution in [2.75, 3.05) is 4.90 Å². The summed E-state index contributed by atoms with van der Waals surface area (Å²) in [5.74, 6) is 0. The average Bonchev–Trinajstić information content (AvgIpc) is 3.36. The minimum atomic E-state index is 1.09. The van der Waals surface area contributed by atoms with E-state index < -0.39 is 0 Å². The largest absolute Gasteiger partial charge is 0.309 e. The van der Waals surface area contributed by atoms with Gasteiger partial charge in [-0.2, -0.15) is 0 Å². The summed E-state index contributed by atoms with van der Waals surface area (Å²) in [6, 6.07) is 91.2. The van der Waals surface area contributed by atoms with E-state index in [1.54, 1.807) is 0 Å². The Morgan fingerprint density at radius 2 is 0.730 bits per heavy atom. The van der Waals surface area contributed by atoms with Gasteiger partial charge < -0.3 is 4.90 Å². The lowest BCUT2D eigenvalue weighted by Crippen LogP contribution is -2.11. The summed E-state index contributed by atoms with van der Waals surface area (Å²) < 4.78 is 0. The van der Waals surface area contributed by atoms with Crippen molar-refractivity contribution in [3.8, 4) is 44.5 Å². The zero-order valence-corrected chi connectivity index (χ0v) is 34.6. The smallest absolute Gasteiger partial charge is 0.0540 e. The van der Waals surface area contributed by atoms with Gasteiger partial charge in [0.1, 0.15) is 0 Å². The molecule has 0 unspecified atom stereocenters. The van der Waals surface area contributed by atoms with Crippen molar-refractivity contribution in [2.45, 2.75) is 0 Å². The van der Waals surface area contributed by atoms with Gasteiger partial charge >= 0.3 is 0 Å². The van der Waals surface area contributed by atoms with E-state index >= 15 is 0 Å². The third kappa shape index (κ3) is 6.33. The summed E-state index contributed by atoms with van der Waals surface area (Å²) in [5, 5.41) is 12.4. The van der Waals surface area contributed by atoms with Crippen molar-refractivity contribution in [2.24, 2.45) is 0 Å². The Hall–Kier alpha value is -8.26. The fourth-order valence-corrected chi connectivity index (χ4v) is 9.88. The Bertz CT molecular complexity index is 3660. The van der Waals surface area contributed by atoms with Crippen LogP contribution in [0.4, 0.5) is 17.1 Å². The summed E-state index contributed by atoms with van der Waals surface area (Å²) >= 11 is 0. The van der Waals surface area contributed by atoms with Crippen LogP contribution in [-0.4, -0.2) is 0 Å². The van der Waals surface area contributed by atoms with E-state index in [-0.39, 0.29) is 0 Å². The first-order chi connectivity index (χ1) is 31.3. The van der Waals surface area contributed by atoms with E-state index in [0.29, 0.717) is 0 Å². The van der Waals surface area contributed by atoms with Gasteiger partial charge in [0.05, 0.1) is 11.4 Å². The van der Waals surface area contributed by atoms with Crippen molar-refractivity contribution in [1.29, 1.82) is 0 Å². The Kier molecular flexibility index (Phi) is 8.90. The third-order valence-electron chi connectivity index (χ3n) is 12.8. The van der Waals surface area contributed by atoms with Crippen LogP contribution in [0, 0.1) is 0 Å². The van der Waals surface area contributed by atoms with Crippen LogP contribution in [0.5, 0.6) is 0 Å². The zero-order chi connectivity index (χ0) is 41.7. The number of para-hydroxylation sites is 1. The van der Waals surface area contributed by atoms with Crippen LogP contribution in [0.15, 0.2) is 249 Å². The summed E-state index contributed by atoms with van der Waals surface area (Å²) in [7, 11) is 0. The topological polar surface area (TPSA) is 3.24 Å². The fourth-order valence-electron chi connectivity index (χ4n) is 9.88. The number of benzene rings is 12. The maximum Gasteiger partial charge on any atom is 0.0540 e. The molecule has 0 aliphatic heterocycles. The molecule has 0 fully saturated rings. The predicted molar refractivity (Wildman–Crippen MR) is 270 cm³/mol. The molecule has 0 saturated heterocycles. The summed E-state index contributed by atoms with van der Waals surface area (Å²) in [6.07, 6.45) is 0. The molecule has 63 heavy (non-hydrogen) atoms. The molecule has 0 saturated carbocycles. The summed E-state index contributed by atoms with van der Waals surface area (Å²) in [5.41, 5.74) is 13.0. The van der Waals surface area contributed by atoms with E-state index in [2.05, 4.69) is 254 Å². The molecule has 0 atom stereocenters. The van der Waals surface area contributed by atoms with Crippen molar-refractivity contribution in [3.05, 3.63) is 249 Å². The number of anilines is 3. The second kappa shape index (κ2) is 15.3. The highest BCUT2D eigenvalue weighted by atomic mass is 15.1. The molecule has 0 bridgehead atoms. The maximum absolute atomic E-state index is 2.47. The quantitative estimate of drug-likeness (QED) is 0.145. The van der Waals surface area contributed by atoms with Gasteiger partial charge in [0.2, 0.25) is 0 Å². The molecule has 0 aliphatic carbocycles. The number of fused-ring (bicyclic) bond motifs is 7. The van der Waals surface area contributed by atoms with Crippen LogP contribution in [0.1, 0.15) is 0 Å². The molecule has 12 aromatic carbocycles. The highest BCUT2D eigenvalue weighted by Crippen LogP contribution is 2.48. The van der Waals surface area contributed by atoms with E-state index in [9.17, 15) is 0 Å². The van der Waals surface area contributed by atoms with Crippen LogP contribution in [-0.2, 0) is 0 Å². The predicted octanol–water partition coefficient (Wildman–Crippen LogP) is 17.6. The molecule has 0 N–H and O–H groups in total. The molecule has 0 aromatic heterocycles. The first-order valence-corrected chi connectivity index (χ1v) is 21.8. The van der Waals surface area contributed by atoms with Gasteiger partial charge in [-0.3, -0.25) is 0 Å². The molecular weight excluding hydrogens is 759 g/mol. The summed E-state index contributed by atoms with van der Waals surface area (Å²) in [4.78, 5) is 2.47. The van der Waals surface area contributed by atoms with E-state index in [0.717, 1.165) is 28.2 Å². The standard InChI is InChI=1S/C62H41N/c1-3-18-45(19-4-1)61-57-26-12-11-25-54(57)55-38-35-49(41-58(55)62(61)46-20-5-2-6-21-46)52-24-13-14-28-59(52)63(60-29-15-27-53-51-23-10-9-17-44(51)34-39-56(53)60)50-36-32-43(33-37-50)48-31-30-42-16-7-8-22-47(42)40-48/h1-41H. The van der Waals surface area contributed by atoms with E-state index in [4.69, 9.17) is 0 Å².